The van der Waals surface area contributed by atoms with Crippen LogP contribution < -0.4 is 5.32 Å². The Kier molecular flexibility index (Phi) is 3.21. The maximum absolute atomic E-state index is 12.9. The molecule has 1 aromatic carbocycles. The van der Waals surface area contributed by atoms with Crippen molar-refractivity contribution in [3.8, 4) is 6.07 Å². The summed E-state index contributed by atoms with van der Waals surface area (Å²) in [6.07, 6.45) is 0.260. The number of nitriles is 1. The van der Waals surface area contributed by atoms with E-state index in [1.54, 1.807) is 0 Å². The first-order chi connectivity index (χ1) is 6.25. The van der Waals surface area contributed by atoms with Crippen LogP contribution in [0.5, 0.6) is 0 Å². The summed E-state index contributed by atoms with van der Waals surface area (Å²) in [6, 6.07) is 5.78. The quantitative estimate of drug-likeness (QED) is 0.728. The Morgan fingerprint density at radius 1 is 1.38 bits per heavy atom. The fraction of sp³-hybridized carbons (Fsp3) is 0.222. The van der Waals surface area contributed by atoms with E-state index in [1.165, 1.54) is 12.1 Å². The molecular weight excluding hydrogens is 174 g/mol. The first-order valence-corrected chi connectivity index (χ1v) is 3.80. The molecule has 4 heteroatoms. The molecule has 0 saturated heterocycles. The highest BCUT2D eigenvalue weighted by atomic mass is 19.2. The Balaban J connectivity index is 2.67. The molecule has 0 heterocycles. The van der Waals surface area contributed by atoms with Crippen LogP contribution in [0.1, 0.15) is 6.42 Å². The minimum atomic E-state index is -0.902. The normalized spacial score (nSPS) is 9.31. The van der Waals surface area contributed by atoms with Crippen molar-refractivity contribution >= 4 is 5.69 Å². The number of hydrogen-bond acceptors (Lipinski definition) is 2. The van der Waals surface area contributed by atoms with Gasteiger partial charge in [0.05, 0.1) is 18.2 Å². The third-order valence-corrected chi connectivity index (χ3v) is 1.50. The maximum atomic E-state index is 12.9. The lowest BCUT2D eigenvalue weighted by Crippen LogP contribution is -2.03. The molecule has 0 aliphatic carbocycles. The van der Waals surface area contributed by atoms with Crippen molar-refractivity contribution in [2.75, 3.05) is 11.9 Å². The molecule has 0 atom stereocenters. The van der Waals surface area contributed by atoms with Gasteiger partial charge in [-0.3, -0.25) is 0 Å². The zero-order valence-electron chi connectivity index (χ0n) is 6.85. The number of nitrogens with zero attached hydrogens (tertiary/aromatic N) is 1. The molecule has 0 spiro atoms. The summed E-state index contributed by atoms with van der Waals surface area (Å²) >= 11 is 0. The zero-order chi connectivity index (χ0) is 9.68. The third-order valence-electron chi connectivity index (χ3n) is 1.50. The van der Waals surface area contributed by atoms with Crippen molar-refractivity contribution in [3.63, 3.8) is 0 Å². The monoisotopic (exact) mass is 182 g/mol. The highest BCUT2D eigenvalue weighted by Gasteiger charge is 2.05. The van der Waals surface area contributed by atoms with Gasteiger partial charge in [-0.15, -0.1) is 0 Å². The number of benzene rings is 1. The molecule has 2 nitrogen and oxygen atoms in total. The number of halogens is 2. The molecule has 0 aromatic heterocycles. The Morgan fingerprint density at radius 2 is 2.15 bits per heavy atom. The summed E-state index contributed by atoms with van der Waals surface area (Å²) in [7, 11) is 0. The molecule has 0 aliphatic rings. The largest absolute Gasteiger partial charge is 0.382 e. The standard InChI is InChI=1S/C9H8F2N2/c10-7-3-1-4-8(9(7)11)13-6-2-5-12/h1,3-4,13H,2,6H2. The summed E-state index contributed by atoms with van der Waals surface area (Å²) in [5, 5.41) is 10.8. The molecule has 0 saturated carbocycles. The van der Waals surface area contributed by atoms with Crippen LogP contribution >= 0.6 is 0 Å². The average Bonchev–Trinajstić information content (AvgIpc) is 2.13. The number of nitrogens with one attached hydrogen (secondary N) is 1. The van der Waals surface area contributed by atoms with Gasteiger partial charge in [0, 0.05) is 6.54 Å². The Bertz CT molecular complexity index is 331. The van der Waals surface area contributed by atoms with Crippen LogP contribution in [0.15, 0.2) is 18.2 Å². The molecule has 0 fully saturated rings. The Morgan fingerprint density at radius 3 is 2.85 bits per heavy atom. The van der Waals surface area contributed by atoms with Gasteiger partial charge in [-0.1, -0.05) is 6.07 Å². The van der Waals surface area contributed by atoms with E-state index in [0.29, 0.717) is 6.54 Å². The van der Waals surface area contributed by atoms with Gasteiger partial charge < -0.3 is 5.32 Å². The van der Waals surface area contributed by atoms with Crippen molar-refractivity contribution in [1.82, 2.24) is 0 Å². The number of rotatable bonds is 3. The van der Waals surface area contributed by atoms with Crippen molar-refractivity contribution < 1.29 is 8.78 Å². The second-order valence-electron chi connectivity index (χ2n) is 2.44. The molecular formula is C9H8F2N2. The SMILES string of the molecule is N#CCCNc1cccc(F)c1F. The van der Waals surface area contributed by atoms with Gasteiger partial charge in [-0.2, -0.15) is 5.26 Å². The van der Waals surface area contributed by atoms with E-state index in [9.17, 15) is 8.78 Å². The average molecular weight is 182 g/mol. The van der Waals surface area contributed by atoms with Crippen molar-refractivity contribution in [3.05, 3.63) is 29.8 Å². The van der Waals surface area contributed by atoms with E-state index < -0.39 is 11.6 Å². The molecule has 1 N–H and O–H groups in total. The van der Waals surface area contributed by atoms with Crippen LogP contribution in [-0.4, -0.2) is 6.54 Å². The summed E-state index contributed by atoms with van der Waals surface area (Å²) < 4.78 is 25.5. The number of hydrogen-bond donors (Lipinski definition) is 1. The summed E-state index contributed by atoms with van der Waals surface area (Å²) in [5.41, 5.74) is 0.0928. The van der Waals surface area contributed by atoms with Gasteiger partial charge in [-0.25, -0.2) is 8.78 Å². The van der Waals surface area contributed by atoms with Crippen LogP contribution in [0.3, 0.4) is 0 Å². The van der Waals surface area contributed by atoms with Crippen LogP contribution in [0.25, 0.3) is 0 Å². The zero-order valence-corrected chi connectivity index (χ0v) is 6.85. The lowest BCUT2D eigenvalue weighted by atomic mass is 10.3. The van der Waals surface area contributed by atoms with Crippen LogP contribution in [-0.2, 0) is 0 Å². The molecule has 68 valence electrons. The van der Waals surface area contributed by atoms with Crippen molar-refractivity contribution in [1.29, 1.82) is 5.26 Å². The smallest absolute Gasteiger partial charge is 0.181 e. The highest BCUT2D eigenvalue weighted by Crippen LogP contribution is 2.15. The van der Waals surface area contributed by atoms with Gasteiger partial charge in [0.25, 0.3) is 0 Å². The lowest BCUT2D eigenvalue weighted by Gasteiger charge is -2.04. The van der Waals surface area contributed by atoms with Gasteiger partial charge in [0.1, 0.15) is 0 Å². The first kappa shape index (κ1) is 9.46. The van der Waals surface area contributed by atoms with E-state index in [0.717, 1.165) is 6.07 Å². The first-order valence-electron chi connectivity index (χ1n) is 3.80. The van der Waals surface area contributed by atoms with E-state index >= 15 is 0 Å². The van der Waals surface area contributed by atoms with Crippen molar-refractivity contribution in [2.24, 2.45) is 0 Å². The number of anilines is 1. The molecule has 1 aromatic rings. The summed E-state index contributed by atoms with van der Waals surface area (Å²) in [5.74, 6) is -1.79. The predicted molar refractivity (Wildman–Crippen MR) is 45.1 cm³/mol. The third kappa shape index (κ3) is 2.41. The van der Waals surface area contributed by atoms with Crippen molar-refractivity contribution in [2.45, 2.75) is 6.42 Å². The fourth-order valence-corrected chi connectivity index (χ4v) is 0.893. The van der Waals surface area contributed by atoms with Gasteiger partial charge >= 0.3 is 0 Å². The topological polar surface area (TPSA) is 35.8 Å². The van der Waals surface area contributed by atoms with Crippen LogP contribution in [0.4, 0.5) is 14.5 Å². The minimum absolute atomic E-state index is 0.0928. The Labute approximate surface area is 74.8 Å². The molecule has 0 amide bonds. The molecule has 0 radical (unpaired) electrons. The van der Waals surface area contributed by atoms with Gasteiger partial charge in [-0.05, 0) is 12.1 Å². The Hall–Kier alpha value is -1.63. The van der Waals surface area contributed by atoms with Gasteiger partial charge in [0.2, 0.25) is 0 Å². The molecule has 13 heavy (non-hydrogen) atoms. The van der Waals surface area contributed by atoms with E-state index in [1.807, 2.05) is 6.07 Å². The molecule has 0 unspecified atom stereocenters. The van der Waals surface area contributed by atoms with E-state index in [2.05, 4.69) is 5.32 Å². The predicted octanol–water partition coefficient (Wildman–Crippen LogP) is 2.29. The van der Waals surface area contributed by atoms with Crippen LogP contribution in [0, 0.1) is 23.0 Å². The summed E-state index contributed by atoms with van der Waals surface area (Å²) in [4.78, 5) is 0. The fourth-order valence-electron chi connectivity index (χ4n) is 0.893. The highest BCUT2D eigenvalue weighted by molar-refractivity contribution is 5.44. The van der Waals surface area contributed by atoms with Gasteiger partial charge in [0.15, 0.2) is 11.6 Å². The van der Waals surface area contributed by atoms with Crippen LogP contribution in [0.2, 0.25) is 0 Å². The van der Waals surface area contributed by atoms with E-state index in [-0.39, 0.29) is 12.1 Å². The molecule has 1 rings (SSSR count). The lowest BCUT2D eigenvalue weighted by molar-refractivity contribution is 0.511. The molecule has 0 aliphatic heterocycles. The molecule has 0 bridgehead atoms. The second kappa shape index (κ2) is 4.41. The van der Waals surface area contributed by atoms with E-state index in [4.69, 9.17) is 5.26 Å². The minimum Gasteiger partial charge on any atom is -0.382 e. The summed E-state index contributed by atoms with van der Waals surface area (Å²) in [6.45, 7) is 0.316. The maximum Gasteiger partial charge on any atom is 0.181 e. The second-order valence-corrected chi connectivity index (χ2v) is 2.44.